The predicted molar refractivity (Wildman–Crippen MR) is 122 cm³/mol. The lowest BCUT2D eigenvalue weighted by atomic mass is 10.1. The molecule has 0 aliphatic heterocycles. The molecule has 0 unspecified atom stereocenters. The van der Waals surface area contributed by atoms with Gasteiger partial charge in [-0.05, 0) is 58.7 Å². The smallest absolute Gasteiger partial charge is 0.274 e. The normalized spacial score (nSPS) is 10.6. The maximum atomic E-state index is 14.0. The molecule has 0 fully saturated rings. The van der Waals surface area contributed by atoms with E-state index in [0.717, 1.165) is 11.6 Å². The summed E-state index contributed by atoms with van der Waals surface area (Å²) in [6, 6.07) is 18.7. The molecule has 3 aromatic carbocycles. The highest BCUT2D eigenvalue weighted by Crippen LogP contribution is 2.33. The molecule has 6 nitrogen and oxygen atoms in total. The maximum Gasteiger partial charge on any atom is 0.274 e. The van der Waals surface area contributed by atoms with Crippen LogP contribution in [0.5, 0.6) is 11.5 Å². The molecule has 0 aromatic heterocycles. The molecule has 0 saturated carbocycles. The first kappa shape index (κ1) is 23.0. The van der Waals surface area contributed by atoms with Gasteiger partial charge in [-0.2, -0.15) is 10.4 Å². The Bertz CT molecular complexity index is 1180. The first-order valence-corrected chi connectivity index (χ1v) is 10.5. The van der Waals surface area contributed by atoms with Crippen molar-refractivity contribution < 1.29 is 18.7 Å². The van der Waals surface area contributed by atoms with E-state index in [2.05, 4.69) is 26.5 Å². The lowest BCUT2D eigenvalue weighted by Crippen LogP contribution is -2.19. The van der Waals surface area contributed by atoms with Crippen molar-refractivity contribution in [1.82, 2.24) is 5.43 Å². The number of nitrogens with zero attached hydrogens (tertiary/aromatic N) is 2. The van der Waals surface area contributed by atoms with E-state index in [1.54, 1.807) is 12.1 Å². The van der Waals surface area contributed by atoms with Crippen molar-refractivity contribution >= 4 is 28.1 Å². The topological polar surface area (TPSA) is 83.7 Å². The molecular formula is C24H19BrFN3O3. The van der Waals surface area contributed by atoms with Crippen LogP contribution in [0.15, 0.2) is 70.2 Å². The van der Waals surface area contributed by atoms with Gasteiger partial charge >= 0.3 is 0 Å². The summed E-state index contributed by atoms with van der Waals surface area (Å²) in [6.45, 7) is 2.69. The van der Waals surface area contributed by atoms with E-state index < -0.39 is 11.7 Å². The zero-order chi connectivity index (χ0) is 22.9. The van der Waals surface area contributed by atoms with Crippen molar-refractivity contribution in [3.05, 3.63) is 93.2 Å². The molecule has 0 saturated heterocycles. The summed E-state index contributed by atoms with van der Waals surface area (Å²) < 4.78 is 26.2. The van der Waals surface area contributed by atoms with E-state index in [-0.39, 0.29) is 11.1 Å². The largest absolute Gasteiger partial charge is 0.490 e. The van der Waals surface area contributed by atoms with Gasteiger partial charge in [-0.3, -0.25) is 4.79 Å². The Labute approximate surface area is 193 Å². The molecule has 0 heterocycles. The lowest BCUT2D eigenvalue weighted by molar-refractivity contribution is 0.0951. The van der Waals surface area contributed by atoms with Crippen LogP contribution in [0.3, 0.4) is 0 Å². The van der Waals surface area contributed by atoms with Crippen molar-refractivity contribution in [2.75, 3.05) is 6.61 Å². The number of ether oxygens (including phenoxy) is 2. The van der Waals surface area contributed by atoms with Crippen LogP contribution in [-0.4, -0.2) is 18.7 Å². The first-order chi connectivity index (χ1) is 15.5. The third-order valence-electron chi connectivity index (χ3n) is 4.31. The minimum Gasteiger partial charge on any atom is -0.490 e. The lowest BCUT2D eigenvalue weighted by Gasteiger charge is -2.14. The summed E-state index contributed by atoms with van der Waals surface area (Å²) >= 11 is 3.47. The fraction of sp³-hybridized carbons (Fsp3) is 0.125. The molecule has 162 valence electrons. The number of nitrogens with one attached hydrogen (secondary N) is 1. The third-order valence-corrected chi connectivity index (χ3v) is 5.00. The Kier molecular flexibility index (Phi) is 7.95. The molecule has 32 heavy (non-hydrogen) atoms. The van der Waals surface area contributed by atoms with Crippen LogP contribution in [0.25, 0.3) is 0 Å². The molecule has 0 aliphatic carbocycles. The number of hydrogen-bond acceptors (Lipinski definition) is 5. The number of carbonyl (C=O) groups excluding carboxylic acids is 1. The minimum absolute atomic E-state index is 0.129. The van der Waals surface area contributed by atoms with Crippen molar-refractivity contribution in [1.29, 1.82) is 5.26 Å². The van der Waals surface area contributed by atoms with Gasteiger partial charge in [0.2, 0.25) is 0 Å². The quantitative estimate of drug-likeness (QED) is 0.343. The standard InChI is InChI=1S/C24H19BrFN3O3/c1-2-31-22-11-18(20(25)12-23(22)32-15-16-6-4-3-5-7-16)14-28-29-24(30)19-9-8-17(13-27)10-21(19)26/h3-12,14H,2,15H2,1H3,(H,29,30)/b28-14-. The van der Waals surface area contributed by atoms with E-state index in [0.29, 0.717) is 34.7 Å². The van der Waals surface area contributed by atoms with Crippen LogP contribution in [0.1, 0.15) is 34.0 Å². The average Bonchev–Trinajstić information content (AvgIpc) is 2.80. The molecule has 0 aliphatic rings. The van der Waals surface area contributed by atoms with Gasteiger partial charge in [-0.1, -0.05) is 30.3 Å². The molecule has 0 spiro atoms. The number of rotatable bonds is 8. The van der Waals surface area contributed by atoms with Gasteiger partial charge in [0.15, 0.2) is 11.5 Å². The Morgan fingerprint density at radius 3 is 2.59 bits per heavy atom. The maximum absolute atomic E-state index is 14.0. The number of carbonyl (C=O) groups is 1. The van der Waals surface area contributed by atoms with Crippen LogP contribution in [0.4, 0.5) is 4.39 Å². The third kappa shape index (κ3) is 5.93. The van der Waals surface area contributed by atoms with Gasteiger partial charge in [-0.15, -0.1) is 0 Å². The molecular weight excluding hydrogens is 477 g/mol. The van der Waals surface area contributed by atoms with Gasteiger partial charge in [0.1, 0.15) is 12.4 Å². The van der Waals surface area contributed by atoms with Crippen molar-refractivity contribution in [2.45, 2.75) is 13.5 Å². The molecule has 1 N–H and O–H groups in total. The summed E-state index contributed by atoms with van der Waals surface area (Å²) in [4.78, 5) is 12.2. The van der Waals surface area contributed by atoms with Crippen molar-refractivity contribution in [3.8, 4) is 17.6 Å². The second-order valence-corrected chi connectivity index (χ2v) is 7.39. The summed E-state index contributed by atoms with van der Waals surface area (Å²) in [5.74, 6) is -0.440. The summed E-state index contributed by atoms with van der Waals surface area (Å²) in [5.41, 5.74) is 3.85. The Balaban J connectivity index is 1.73. The number of hydrazone groups is 1. The predicted octanol–water partition coefficient (Wildman–Crippen LogP) is 5.20. The van der Waals surface area contributed by atoms with Gasteiger partial charge in [-0.25, -0.2) is 9.82 Å². The number of benzene rings is 3. The second kappa shape index (κ2) is 11.1. The second-order valence-electron chi connectivity index (χ2n) is 6.53. The highest BCUT2D eigenvalue weighted by Gasteiger charge is 2.13. The molecule has 0 atom stereocenters. The molecule has 0 radical (unpaired) electrons. The SMILES string of the molecule is CCOc1cc(/C=N\NC(=O)c2ccc(C#N)cc2F)c(Br)cc1OCc1ccccc1. The first-order valence-electron chi connectivity index (χ1n) is 9.68. The highest BCUT2D eigenvalue weighted by atomic mass is 79.9. The van der Waals surface area contributed by atoms with Crippen molar-refractivity contribution in [3.63, 3.8) is 0 Å². The fourth-order valence-electron chi connectivity index (χ4n) is 2.76. The minimum atomic E-state index is -0.795. The van der Waals surface area contributed by atoms with E-state index in [1.165, 1.54) is 18.3 Å². The molecule has 1 amide bonds. The van der Waals surface area contributed by atoms with Gasteiger partial charge in [0.25, 0.3) is 5.91 Å². The van der Waals surface area contributed by atoms with Crippen LogP contribution in [0, 0.1) is 17.1 Å². The molecule has 8 heteroatoms. The van der Waals surface area contributed by atoms with E-state index in [9.17, 15) is 9.18 Å². The van der Waals surface area contributed by atoms with Gasteiger partial charge in [0, 0.05) is 10.0 Å². The number of amides is 1. The van der Waals surface area contributed by atoms with Crippen LogP contribution < -0.4 is 14.9 Å². The van der Waals surface area contributed by atoms with Crippen LogP contribution in [0.2, 0.25) is 0 Å². The fourth-order valence-corrected chi connectivity index (χ4v) is 3.18. The zero-order valence-electron chi connectivity index (χ0n) is 17.1. The highest BCUT2D eigenvalue weighted by molar-refractivity contribution is 9.10. The van der Waals surface area contributed by atoms with E-state index in [4.69, 9.17) is 14.7 Å². The van der Waals surface area contributed by atoms with Crippen LogP contribution in [-0.2, 0) is 6.61 Å². The van der Waals surface area contributed by atoms with Crippen LogP contribution >= 0.6 is 15.9 Å². The summed E-state index contributed by atoms with van der Waals surface area (Å²) in [5, 5.41) is 12.7. The Morgan fingerprint density at radius 1 is 1.16 bits per heavy atom. The van der Waals surface area contributed by atoms with Gasteiger partial charge < -0.3 is 9.47 Å². The molecule has 0 bridgehead atoms. The monoisotopic (exact) mass is 495 g/mol. The van der Waals surface area contributed by atoms with E-state index in [1.807, 2.05) is 43.3 Å². The Morgan fingerprint density at radius 2 is 1.91 bits per heavy atom. The van der Waals surface area contributed by atoms with E-state index >= 15 is 0 Å². The summed E-state index contributed by atoms with van der Waals surface area (Å²) in [6.07, 6.45) is 1.41. The van der Waals surface area contributed by atoms with Gasteiger partial charge in [0.05, 0.1) is 30.0 Å². The summed E-state index contributed by atoms with van der Waals surface area (Å²) in [7, 11) is 0. The number of halogens is 2. The molecule has 3 rings (SSSR count). The number of nitriles is 1. The average molecular weight is 496 g/mol. The molecule has 3 aromatic rings. The van der Waals surface area contributed by atoms with Crippen molar-refractivity contribution in [2.24, 2.45) is 5.10 Å². The Hall–Kier alpha value is -3.70. The number of hydrogen-bond donors (Lipinski definition) is 1. The zero-order valence-corrected chi connectivity index (χ0v) is 18.7.